The van der Waals surface area contributed by atoms with Gasteiger partial charge in [-0.25, -0.2) is 0 Å². The monoisotopic (exact) mass is 266 g/mol. The maximum absolute atomic E-state index is 12.9. The molecule has 1 N–H and O–H groups in total. The Kier molecular flexibility index (Phi) is 4.16. The van der Waals surface area contributed by atoms with E-state index < -0.39 is 5.54 Å². The summed E-state index contributed by atoms with van der Waals surface area (Å²) in [7, 11) is 0. The van der Waals surface area contributed by atoms with Crippen LogP contribution in [0.15, 0.2) is 0 Å². The number of nitrogens with zero attached hydrogens (tertiary/aromatic N) is 1. The maximum Gasteiger partial charge on any atom is 0.249 e. The molecule has 1 heterocycles. The fraction of sp³-hybridized carbons (Fsp3) is 0.867. The third kappa shape index (κ3) is 2.37. The Morgan fingerprint density at radius 2 is 1.89 bits per heavy atom. The highest BCUT2D eigenvalue weighted by atomic mass is 16.2. The van der Waals surface area contributed by atoms with E-state index in [9.17, 15) is 9.59 Å². The van der Waals surface area contributed by atoms with Gasteiger partial charge in [0.1, 0.15) is 11.6 Å². The molecule has 2 fully saturated rings. The highest BCUT2D eigenvalue weighted by Gasteiger charge is 2.51. The van der Waals surface area contributed by atoms with Crippen molar-refractivity contribution in [2.24, 2.45) is 0 Å². The van der Waals surface area contributed by atoms with Gasteiger partial charge in [-0.15, -0.1) is 0 Å². The molecule has 2 atom stereocenters. The van der Waals surface area contributed by atoms with Crippen molar-refractivity contribution in [3.8, 4) is 0 Å². The summed E-state index contributed by atoms with van der Waals surface area (Å²) in [5.74, 6) is 0.206. The topological polar surface area (TPSA) is 49.4 Å². The molecular weight excluding hydrogens is 240 g/mol. The van der Waals surface area contributed by atoms with Gasteiger partial charge in [-0.3, -0.25) is 9.59 Å². The van der Waals surface area contributed by atoms with Crippen LogP contribution in [-0.2, 0) is 9.59 Å². The van der Waals surface area contributed by atoms with E-state index in [0.29, 0.717) is 6.42 Å². The Labute approximate surface area is 115 Å². The summed E-state index contributed by atoms with van der Waals surface area (Å²) in [6, 6.07) is -0.141. The van der Waals surface area contributed by atoms with Gasteiger partial charge in [-0.05, 0) is 32.6 Å². The van der Waals surface area contributed by atoms with Gasteiger partial charge in [-0.2, -0.15) is 0 Å². The third-order valence-electron chi connectivity index (χ3n) is 4.80. The number of hydrogen-bond donors (Lipinski definition) is 1. The second kappa shape index (κ2) is 5.51. The molecule has 1 saturated heterocycles. The van der Waals surface area contributed by atoms with E-state index in [4.69, 9.17) is 0 Å². The number of carbonyl (C=O) groups excluding carboxylic acids is 2. The Bertz CT molecular complexity index is 361. The van der Waals surface area contributed by atoms with Gasteiger partial charge in [0.25, 0.3) is 0 Å². The van der Waals surface area contributed by atoms with Crippen LogP contribution >= 0.6 is 0 Å². The van der Waals surface area contributed by atoms with E-state index in [2.05, 4.69) is 19.2 Å². The molecule has 2 unspecified atom stereocenters. The van der Waals surface area contributed by atoms with Gasteiger partial charge >= 0.3 is 0 Å². The van der Waals surface area contributed by atoms with Gasteiger partial charge in [0.2, 0.25) is 11.8 Å². The van der Waals surface area contributed by atoms with Crippen LogP contribution in [0.5, 0.6) is 0 Å². The molecule has 2 rings (SSSR count). The molecule has 0 radical (unpaired) electrons. The van der Waals surface area contributed by atoms with Crippen LogP contribution in [0.4, 0.5) is 0 Å². The number of nitrogens with one attached hydrogen (secondary N) is 1. The molecule has 4 heteroatoms. The smallest absolute Gasteiger partial charge is 0.249 e. The average Bonchev–Trinajstić information content (AvgIpc) is 2.42. The summed E-state index contributed by atoms with van der Waals surface area (Å²) in [6.07, 6.45) is 6.45. The van der Waals surface area contributed by atoms with Crippen LogP contribution in [0.1, 0.15) is 65.7 Å². The van der Waals surface area contributed by atoms with E-state index in [1.54, 1.807) is 0 Å². The van der Waals surface area contributed by atoms with Crippen LogP contribution in [-0.4, -0.2) is 34.3 Å². The lowest BCUT2D eigenvalue weighted by molar-refractivity contribution is -0.159. The molecule has 2 amide bonds. The minimum Gasteiger partial charge on any atom is -0.340 e. The highest BCUT2D eigenvalue weighted by molar-refractivity contribution is 6.00. The fourth-order valence-corrected chi connectivity index (χ4v) is 3.47. The predicted molar refractivity (Wildman–Crippen MR) is 74.6 cm³/mol. The van der Waals surface area contributed by atoms with Crippen LogP contribution in [0, 0.1) is 0 Å². The first-order chi connectivity index (χ1) is 9.05. The molecule has 1 saturated carbocycles. The SMILES string of the molecule is CCC(C)N1C(=O)C2(CCCCC2)NC(=O)C1CC. The molecule has 1 aliphatic heterocycles. The Morgan fingerprint density at radius 1 is 1.26 bits per heavy atom. The molecule has 1 spiro atoms. The molecule has 4 nitrogen and oxygen atoms in total. The molecule has 2 aliphatic rings. The lowest BCUT2D eigenvalue weighted by Gasteiger charge is -2.49. The normalized spacial score (nSPS) is 28.4. The highest BCUT2D eigenvalue weighted by Crippen LogP contribution is 2.34. The second-order valence-corrected chi connectivity index (χ2v) is 6.03. The zero-order valence-electron chi connectivity index (χ0n) is 12.4. The van der Waals surface area contributed by atoms with Crippen molar-refractivity contribution in [2.45, 2.75) is 83.3 Å². The lowest BCUT2D eigenvalue weighted by atomic mass is 9.78. The summed E-state index contributed by atoms with van der Waals surface area (Å²) in [4.78, 5) is 27.2. The molecule has 1 aliphatic carbocycles. The largest absolute Gasteiger partial charge is 0.340 e. The van der Waals surface area contributed by atoms with Crippen molar-refractivity contribution in [3.63, 3.8) is 0 Å². The van der Waals surface area contributed by atoms with Crippen molar-refractivity contribution in [1.29, 1.82) is 0 Å². The van der Waals surface area contributed by atoms with Crippen molar-refractivity contribution in [2.75, 3.05) is 0 Å². The number of hydrogen-bond acceptors (Lipinski definition) is 2. The number of carbonyl (C=O) groups is 2. The maximum atomic E-state index is 12.9. The van der Waals surface area contributed by atoms with Gasteiger partial charge in [-0.1, -0.05) is 33.1 Å². The number of piperazine rings is 1. The first kappa shape index (κ1) is 14.4. The summed E-state index contributed by atoms with van der Waals surface area (Å²) >= 11 is 0. The summed E-state index contributed by atoms with van der Waals surface area (Å²) in [5.41, 5.74) is -0.593. The van der Waals surface area contributed by atoms with Crippen molar-refractivity contribution in [1.82, 2.24) is 10.2 Å². The summed E-state index contributed by atoms with van der Waals surface area (Å²) in [5, 5.41) is 3.06. The van der Waals surface area contributed by atoms with Gasteiger partial charge < -0.3 is 10.2 Å². The fourth-order valence-electron chi connectivity index (χ4n) is 3.47. The zero-order valence-corrected chi connectivity index (χ0v) is 12.4. The molecule has 0 aromatic carbocycles. The first-order valence-corrected chi connectivity index (χ1v) is 7.70. The summed E-state index contributed by atoms with van der Waals surface area (Å²) < 4.78 is 0. The van der Waals surface area contributed by atoms with Crippen LogP contribution < -0.4 is 5.32 Å². The molecule has 19 heavy (non-hydrogen) atoms. The number of rotatable bonds is 3. The van der Waals surface area contributed by atoms with E-state index in [-0.39, 0.29) is 23.9 Å². The summed E-state index contributed by atoms with van der Waals surface area (Å²) in [6.45, 7) is 6.10. The molecule has 0 bridgehead atoms. The quantitative estimate of drug-likeness (QED) is 0.851. The third-order valence-corrected chi connectivity index (χ3v) is 4.80. The van der Waals surface area contributed by atoms with Crippen LogP contribution in [0.3, 0.4) is 0 Å². The van der Waals surface area contributed by atoms with Gasteiger partial charge in [0.05, 0.1) is 0 Å². The van der Waals surface area contributed by atoms with E-state index in [0.717, 1.165) is 32.1 Å². The molecular formula is C15H26N2O2. The van der Waals surface area contributed by atoms with E-state index >= 15 is 0 Å². The van der Waals surface area contributed by atoms with Crippen LogP contribution in [0.25, 0.3) is 0 Å². The molecule has 108 valence electrons. The van der Waals surface area contributed by atoms with Crippen LogP contribution in [0.2, 0.25) is 0 Å². The minimum absolute atomic E-state index is 0.0456. The Morgan fingerprint density at radius 3 is 2.42 bits per heavy atom. The zero-order chi connectivity index (χ0) is 14.0. The predicted octanol–water partition coefficient (Wildman–Crippen LogP) is 2.22. The molecule has 0 aromatic rings. The second-order valence-electron chi connectivity index (χ2n) is 6.03. The van der Waals surface area contributed by atoms with Gasteiger partial charge in [0.15, 0.2) is 0 Å². The van der Waals surface area contributed by atoms with E-state index in [1.165, 1.54) is 6.42 Å². The van der Waals surface area contributed by atoms with Crippen molar-refractivity contribution in [3.05, 3.63) is 0 Å². The number of amides is 2. The van der Waals surface area contributed by atoms with E-state index in [1.807, 2.05) is 11.8 Å². The standard InChI is InChI=1S/C15H26N2O2/c1-4-11(3)17-12(5-2)13(18)16-15(14(17)19)9-7-6-8-10-15/h11-12H,4-10H2,1-3H3,(H,16,18). The Hall–Kier alpha value is -1.06. The van der Waals surface area contributed by atoms with Gasteiger partial charge in [0, 0.05) is 6.04 Å². The minimum atomic E-state index is -0.593. The average molecular weight is 266 g/mol. The Balaban J connectivity index is 2.31. The lowest BCUT2D eigenvalue weighted by Crippen LogP contribution is -2.72. The van der Waals surface area contributed by atoms with Crippen molar-refractivity contribution < 1.29 is 9.59 Å². The first-order valence-electron chi connectivity index (χ1n) is 7.70. The molecule has 0 aromatic heterocycles. The van der Waals surface area contributed by atoms with Crippen molar-refractivity contribution >= 4 is 11.8 Å².